The van der Waals surface area contributed by atoms with Crippen LogP contribution in [0.5, 0.6) is 0 Å². The maximum absolute atomic E-state index is 9.35. The van der Waals surface area contributed by atoms with Crippen molar-refractivity contribution in [1.82, 2.24) is 0 Å². The van der Waals surface area contributed by atoms with Crippen molar-refractivity contribution in [2.45, 2.75) is 0 Å². The van der Waals surface area contributed by atoms with Gasteiger partial charge in [0.2, 0.25) is 0 Å². The smallest absolute Gasteiger partial charge is 0.143 e. The lowest BCUT2D eigenvalue weighted by molar-refractivity contribution is 0.670. The molecule has 40 heavy (non-hydrogen) atoms. The largest absolute Gasteiger partial charge is 0.455 e. The van der Waals surface area contributed by atoms with E-state index in [0.717, 1.165) is 49.8 Å². The quantitative estimate of drug-likeness (QED) is 0.229. The van der Waals surface area contributed by atoms with Gasteiger partial charge in [-0.1, -0.05) is 84.9 Å². The number of furan rings is 1. The van der Waals surface area contributed by atoms with Crippen LogP contribution in [0, 0.1) is 11.3 Å². The van der Waals surface area contributed by atoms with E-state index in [4.69, 9.17) is 4.42 Å². The van der Waals surface area contributed by atoms with Crippen LogP contribution in [0.25, 0.3) is 75.5 Å². The first kappa shape index (κ1) is 22.8. The minimum Gasteiger partial charge on any atom is -0.455 e. The molecule has 0 bridgehead atoms. The molecule has 8 rings (SSSR count). The van der Waals surface area contributed by atoms with E-state index >= 15 is 0 Å². The molecule has 186 valence electrons. The van der Waals surface area contributed by atoms with Gasteiger partial charge in [-0.25, -0.2) is 0 Å². The van der Waals surface area contributed by atoms with E-state index in [-0.39, 0.29) is 0 Å². The summed E-state index contributed by atoms with van der Waals surface area (Å²) in [6.45, 7) is 0. The van der Waals surface area contributed by atoms with Gasteiger partial charge in [-0.05, 0) is 70.3 Å². The zero-order valence-electron chi connectivity index (χ0n) is 21.4. The third-order valence-corrected chi connectivity index (χ3v) is 8.93. The number of fused-ring (bicyclic) bond motifs is 6. The molecule has 2 nitrogen and oxygen atoms in total. The number of thiophene rings is 1. The van der Waals surface area contributed by atoms with Gasteiger partial charge in [0.1, 0.15) is 11.2 Å². The van der Waals surface area contributed by atoms with Crippen molar-refractivity contribution < 1.29 is 4.42 Å². The van der Waals surface area contributed by atoms with Crippen molar-refractivity contribution in [3.8, 4) is 39.4 Å². The summed E-state index contributed by atoms with van der Waals surface area (Å²) in [7, 11) is 0. The lowest BCUT2D eigenvalue weighted by Crippen LogP contribution is -1.87. The van der Waals surface area contributed by atoms with Gasteiger partial charge >= 0.3 is 0 Å². The average molecular weight is 528 g/mol. The second-order valence-corrected chi connectivity index (χ2v) is 11.1. The van der Waals surface area contributed by atoms with E-state index in [9.17, 15) is 5.26 Å². The third-order valence-electron chi connectivity index (χ3n) is 7.71. The van der Waals surface area contributed by atoms with Crippen molar-refractivity contribution in [3.63, 3.8) is 0 Å². The maximum atomic E-state index is 9.35. The monoisotopic (exact) mass is 527 g/mol. The number of hydrogen-bond acceptors (Lipinski definition) is 3. The van der Waals surface area contributed by atoms with Crippen molar-refractivity contribution in [2.24, 2.45) is 0 Å². The molecule has 0 aliphatic carbocycles. The Morgan fingerprint density at radius 2 is 1.18 bits per heavy atom. The van der Waals surface area contributed by atoms with Gasteiger partial charge in [-0.2, -0.15) is 5.26 Å². The van der Waals surface area contributed by atoms with Crippen molar-refractivity contribution >= 4 is 53.4 Å². The molecule has 8 aromatic rings. The summed E-state index contributed by atoms with van der Waals surface area (Å²) < 4.78 is 9.01. The number of hydrogen-bond donors (Lipinski definition) is 0. The summed E-state index contributed by atoms with van der Waals surface area (Å²) in [5.41, 5.74) is 9.14. The summed E-state index contributed by atoms with van der Waals surface area (Å²) in [4.78, 5) is 0. The van der Waals surface area contributed by atoms with Crippen LogP contribution in [0.4, 0.5) is 0 Å². The maximum Gasteiger partial charge on any atom is 0.143 e. The molecule has 2 heterocycles. The van der Waals surface area contributed by atoms with Crippen LogP contribution in [0.2, 0.25) is 0 Å². The minimum atomic E-state index is 0.655. The minimum absolute atomic E-state index is 0.655. The molecule has 3 heteroatoms. The Kier molecular flexibility index (Phi) is 5.10. The van der Waals surface area contributed by atoms with Gasteiger partial charge in [-0.15, -0.1) is 11.3 Å². The van der Waals surface area contributed by atoms with E-state index in [1.165, 1.54) is 25.7 Å². The number of rotatable bonds is 3. The Balaban J connectivity index is 1.42. The molecule has 0 N–H and O–H groups in total. The summed E-state index contributed by atoms with van der Waals surface area (Å²) in [6, 6.07) is 46.7. The first-order chi connectivity index (χ1) is 19.8. The molecule has 0 amide bonds. The second kappa shape index (κ2) is 8.95. The number of benzene rings is 6. The Morgan fingerprint density at radius 3 is 2.00 bits per heavy atom. The van der Waals surface area contributed by atoms with Crippen LogP contribution in [0.3, 0.4) is 0 Å². The second-order valence-electron chi connectivity index (χ2n) is 10.0. The fourth-order valence-corrected chi connectivity index (χ4v) is 7.03. The van der Waals surface area contributed by atoms with Gasteiger partial charge < -0.3 is 4.42 Å². The lowest BCUT2D eigenvalue weighted by Gasteiger charge is -2.12. The van der Waals surface area contributed by atoms with E-state index < -0.39 is 0 Å². The highest BCUT2D eigenvalue weighted by Gasteiger charge is 2.16. The topological polar surface area (TPSA) is 36.9 Å². The van der Waals surface area contributed by atoms with Crippen molar-refractivity contribution in [2.75, 3.05) is 0 Å². The summed E-state index contributed by atoms with van der Waals surface area (Å²) in [5, 5.41) is 14.2. The first-order valence-corrected chi connectivity index (χ1v) is 14.1. The van der Waals surface area contributed by atoms with Gasteiger partial charge in [0.25, 0.3) is 0 Å². The van der Waals surface area contributed by atoms with Gasteiger partial charge in [-0.3, -0.25) is 0 Å². The molecule has 6 aromatic carbocycles. The zero-order chi connectivity index (χ0) is 26.6. The fourth-order valence-electron chi connectivity index (χ4n) is 5.79. The van der Waals surface area contributed by atoms with E-state index in [1.54, 1.807) is 0 Å². The Morgan fingerprint density at radius 1 is 0.525 bits per heavy atom. The summed E-state index contributed by atoms with van der Waals surface area (Å²) in [6.07, 6.45) is 0. The highest BCUT2D eigenvalue weighted by Crippen LogP contribution is 2.43. The third kappa shape index (κ3) is 3.55. The summed E-state index contributed by atoms with van der Waals surface area (Å²) in [5.74, 6) is 0. The molecule has 0 saturated heterocycles. The highest BCUT2D eigenvalue weighted by atomic mass is 32.1. The van der Waals surface area contributed by atoms with Crippen LogP contribution < -0.4 is 0 Å². The SMILES string of the molecule is N#Cc1ccc(-c2cc(-c3cccc4c3oc3ccccc34)cc(-c3cccc4c3sc3ccccc34)c2)cc1. The molecule has 0 aliphatic rings. The first-order valence-electron chi connectivity index (χ1n) is 13.2. The zero-order valence-corrected chi connectivity index (χ0v) is 22.2. The molecule has 0 saturated carbocycles. The molecule has 0 atom stereocenters. The molecule has 0 unspecified atom stereocenters. The van der Waals surface area contributed by atoms with E-state index in [1.807, 2.05) is 47.7 Å². The molecular formula is C37H21NOS. The molecule has 0 fully saturated rings. The van der Waals surface area contributed by atoms with Crippen LogP contribution in [0.1, 0.15) is 5.56 Å². The standard InChI is InChI=1S/C37H21NOS/c38-22-23-15-17-24(18-16-23)25-19-26(28-9-5-11-32-30-7-1-3-13-34(30)39-36(28)32)21-27(20-25)29-10-6-12-33-31-8-2-4-14-35(31)40-37(29)33/h1-21H. The number of nitrogens with zero attached hydrogens (tertiary/aromatic N) is 1. The predicted molar refractivity (Wildman–Crippen MR) is 168 cm³/mol. The Labute approximate surface area is 235 Å². The Hall–Kier alpha value is -5.17. The number of para-hydroxylation sites is 2. The van der Waals surface area contributed by atoms with Crippen LogP contribution in [-0.4, -0.2) is 0 Å². The van der Waals surface area contributed by atoms with Gasteiger partial charge in [0.15, 0.2) is 0 Å². The van der Waals surface area contributed by atoms with Crippen molar-refractivity contribution in [1.29, 1.82) is 5.26 Å². The van der Waals surface area contributed by atoms with Crippen LogP contribution in [-0.2, 0) is 0 Å². The van der Waals surface area contributed by atoms with Gasteiger partial charge in [0.05, 0.1) is 11.6 Å². The lowest BCUT2D eigenvalue weighted by atomic mass is 9.92. The van der Waals surface area contributed by atoms with E-state index in [0.29, 0.717) is 5.56 Å². The highest BCUT2D eigenvalue weighted by molar-refractivity contribution is 7.26. The molecule has 0 aliphatic heterocycles. The Bertz CT molecular complexity index is 2150. The molecule has 0 radical (unpaired) electrons. The van der Waals surface area contributed by atoms with Crippen LogP contribution in [0.15, 0.2) is 132 Å². The summed E-state index contributed by atoms with van der Waals surface area (Å²) >= 11 is 1.84. The molecular weight excluding hydrogens is 506 g/mol. The van der Waals surface area contributed by atoms with Crippen LogP contribution >= 0.6 is 11.3 Å². The van der Waals surface area contributed by atoms with E-state index in [2.05, 4.69) is 97.1 Å². The average Bonchev–Trinajstić information content (AvgIpc) is 3.59. The van der Waals surface area contributed by atoms with Gasteiger partial charge in [0, 0.05) is 36.5 Å². The van der Waals surface area contributed by atoms with Crippen molar-refractivity contribution in [3.05, 3.63) is 133 Å². The fraction of sp³-hybridized carbons (Fsp3) is 0. The molecule has 2 aromatic heterocycles. The normalized spacial score (nSPS) is 11.5. The number of nitriles is 1. The predicted octanol–water partition coefficient (Wildman–Crippen LogP) is 10.8. The molecule has 0 spiro atoms.